The van der Waals surface area contributed by atoms with Crippen LogP contribution < -0.4 is 0 Å². The van der Waals surface area contributed by atoms with Crippen molar-refractivity contribution < 1.29 is 28.5 Å². The summed E-state index contributed by atoms with van der Waals surface area (Å²) in [5, 5.41) is 0. The second-order valence-electron chi connectivity index (χ2n) is 9.68. The molecular weight excluding hydrogens is 482 g/mol. The number of ether oxygens (including phenoxy) is 4. The molecule has 1 heterocycles. The van der Waals surface area contributed by atoms with Gasteiger partial charge in [-0.05, 0) is 36.1 Å². The van der Waals surface area contributed by atoms with Gasteiger partial charge in [0, 0.05) is 5.92 Å². The summed E-state index contributed by atoms with van der Waals surface area (Å²) in [4.78, 5) is 27.5. The first kappa shape index (κ1) is 27.4. The molecule has 1 aliphatic rings. The van der Waals surface area contributed by atoms with Gasteiger partial charge in [0.25, 0.3) is 0 Å². The van der Waals surface area contributed by atoms with Crippen LogP contribution in [0.3, 0.4) is 0 Å². The molecule has 5 atom stereocenters. The number of nitrogens with zero attached hydrogens (tertiary/aromatic N) is 1. The van der Waals surface area contributed by atoms with Gasteiger partial charge in [-0.2, -0.15) is 0 Å². The van der Waals surface area contributed by atoms with Gasteiger partial charge in [0.15, 0.2) is 12.4 Å². The summed E-state index contributed by atoms with van der Waals surface area (Å²) < 4.78 is 23.8. The standard InChI is InChI=1S/C31H35NO6/c1-22-23(2)28(38-29(33)27-17-11-6-12-18-27)30(37-24(22)3)36-21-32(19-25-13-7-4-8-14-25)31(34)35-20-26-15-9-5-10-16-26/h4-18,22-24,28,30H,19-21H2,1-3H3/t22-,23?,24?,28+,30-/m1/s1. The maximum atomic E-state index is 13.1. The Balaban J connectivity index is 1.47. The van der Waals surface area contributed by atoms with E-state index in [2.05, 4.69) is 6.92 Å². The van der Waals surface area contributed by atoms with Crippen molar-refractivity contribution in [3.05, 3.63) is 108 Å². The zero-order chi connectivity index (χ0) is 26.9. The smallest absolute Gasteiger partial charge is 0.412 e. The summed E-state index contributed by atoms with van der Waals surface area (Å²) in [6, 6.07) is 28.0. The molecule has 1 aliphatic heterocycles. The van der Waals surface area contributed by atoms with E-state index in [4.69, 9.17) is 18.9 Å². The zero-order valence-corrected chi connectivity index (χ0v) is 22.1. The molecule has 3 aromatic carbocycles. The maximum absolute atomic E-state index is 13.1. The number of esters is 1. The van der Waals surface area contributed by atoms with Crippen molar-refractivity contribution in [1.29, 1.82) is 0 Å². The summed E-state index contributed by atoms with van der Waals surface area (Å²) in [5.74, 6) is -0.325. The summed E-state index contributed by atoms with van der Waals surface area (Å²) >= 11 is 0. The van der Waals surface area contributed by atoms with Gasteiger partial charge in [-0.3, -0.25) is 4.90 Å². The Morgan fingerprint density at radius 2 is 1.37 bits per heavy atom. The lowest BCUT2D eigenvalue weighted by Crippen LogP contribution is -2.52. The van der Waals surface area contributed by atoms with E-state index in [0.717, 1.165) is 11.1 Å². The van der Waals surface area contributed by atoms with Gasteiger partial charge in [-0.15, -0.1) is 0 Å². The molecule has 1 fully saturated rings. The van der Waals surface area contributed by atoms with Crippen molar-refractivity contribution in [2.45, 2.75) is 52.4 Å². The molecule has 7 nitrogen and oxygen atoms in total. The van der Waals surface area contributed by atoms with Gasteiger partial charge in [0.05, 0.1) is 18.2 Å². The molecule has 1 amide bonds. The van der Waals surface area contributed by atoms with Crippen LogP contribution in [0.4, 0.5) is 4.79 Å². The highest BCUT2D eigenvalue weighted by atomic mass is 16.7. The van der Waals surface area contributed by atoms with Crippen LogP contribution >= 0.6 is 0 Å². The summed E-state index contributed by atoms with van der Waals surface area (Å²) in [6.07, 6.45) is -2.12. The Morgan fingerprint density at radius 1 is 0.789 bits per heavy atom. The third-order valence-electron chi connectivity index (χ3n) is 7.03. The first-order valence-electron chi connectivity index (χ1n) is 12.9. The van der Waals surface area contributed by atoms with Crippen molar-refractivity contribution in [2.75, 3.05) is 6.73 Å². The average molecular weight is 518 g/mol. The molecule has 2 unspecified atom stereocenters. The predicted molar refractivity (Wildman–Crippen MR) is 143 cm³/mol. The lowest BCUT2D eigenvalue weighted by molar-refractivity contribution is -0.274. The first-order valence-corrected chi connectivity index (χ1v) is 12.9. The topological polar surface area (TPSA) is 74.3 Å². The third-order valence-corrected chi connectivity index (χ3v) is 7.03. The van der Waals surface area contributed by atoms with Crippen molar-refractivity contribution >= 4 is 12.1 Å². The van der Waals surface area contributed by atoms with Crippen LogP contribution in [0.15, 0.2) is 91.0 Å². The largest absolute Gasteiger partial charge is 0.453 e. The van der Waals surface area contributed by atoms with E-state index in [1.165, 1.54) is 4.90 Å². The highest BCUT2D eigenvalue weighted by Gasteiger charge is 2.43. The molecule has 38 heavy (non-hydrogen) atoms. The van der Waals surface area contributed by atoms with E-state index in [-0.39, 0.29) is 37.8 Å². The lowest BCUT2D eigenvalue weighted by atomic mass is 9.84. The van der Waals surface area contributed by atoms with Gasteiger partial charge in [0.1, 0.15) is 13.3 Å². The summed E-state index contributed by atoms with van der Waals surface area (Å²) in [7, 11) is 0. The molecule has 0 N–H and O–H groups in total. The quantitative estimate of drug-likeness (QED) is 0.254. The maximum Gasteiger partial charge on any atom is 0.412 e. The van der Waals surface area contributed by atoms with Crippen LogP contribution in [0.25, 0.3) is 0 Å². The van der Waals surface area contributed by atoms with Crippen molar-refractivity contribution in [3.63, 3.8) is 0 Å². The van der Waals surface area contributed by atoms with Gasteiger partial charge < -0.3 is 18.9 Å². The zero-order valence-electron chi connectivity index (χ0n) is 22.1. The van der Waals surface area contributed by atoms with Crippen LogP contribution in [0, 0.1) is 11.8 Å². The lowest BCUT2D eigenvalue weighted by Gasteiger charge is -2.43. The minimum Gasteiger partial charge on any atom is -0.453 e. The number of hydrogen-bond donors (Lipinski definition) is 0. The minimum atomic E-state index is -0.843. The predicted octanol–water partition coefficient (Wildman–Crippen LogP) is 6.04. The second-order valence-corrected chi connectivity index (χ2v) is 9.68. The molecule has 0 spiro atoms. The van der Waals surface area contributed by atoms with E-state index in [1.54, 1.807) is 24.3 Å². The van der Waals surface area contributed by atoms with Crippen molar-refractivity contribution in [2.24, 2.45) is 11.8 Å². The molecule has 0 bridgehead atoms. The molecule has 1 saturated heterocycles. The number of hydrogen-bond acceptors (Lipinski definition) is 6. The van der Waals surface area contributed by atoms with Crippen molar-refractivity contribution in [3.8, 4) is 0 Å². The molecule has 200 valence electrons. The Morgan fingerprint density at radius 3 is 2.00 bits per heavy atom. The van der Waals surface area contributed by atoms with Crippen LogP contribution in [0.5, 0.6) is 0 Å². The number of carbonyl (C=O) groups is 2. The number of benzene rings is 3. The van der Waals surface area contributed by atoms with E-state index < -0.39 is 24.5 Å². The molecule has 0 aromatic heterocycles. The van der Waals surface area contributed by atoms with Crippen LogP contribution in [0.1, 0.15) is 42.3 Å². The minimum absolute atomic E-state index is 0.0241. The number of rotatable bonds is 9. The van der Waals surface area contributed by atoms with Crippen molar-refractivity contribution in [1.82, 2.24) is 4.90 Å². The van der Waals surface area contributed by atoms with Gasteiger partial charge >= 0.3 is 12.1 Å². The molecule has 4 rings (SSSR count). The number of amides is 1. The Bertz CT molecular complexity index is 1160. The molecule has 0 aliphatic carbocycles. The molecule has 0 radical (unpaired) electrons. The Kier molecular flexibility index (Phi) is 9.51. The second kappa shape index (κ2) is 13.2. The normalized spacial score (nSPS) is 22.9. The monoisotopic (exact) mass is 517 g/mol. The van der Waals surface area contributed by atoms with Crippen LogP contribution in [0.2, 0.25) is 0 Å². The van der Waals surface area contributed by atoms with E-state index in [1.807, 2.05) is 80.6 Å². The fraction of sp³-hybridized carbons (Fsp3) is 0.355. The molecular formula is C31H35NO6. The average Bonchev–Trinajstić information content (AvgIpc) is 2.96. The van der Waals surface area contributed by atoms with E-state index in [9.17, 15) is 9.59 Å². The Hall–Kier alpha value is -3.68. The van der Waals surface area contributed by atoms with Gasteiger partial charge in [0.2, 0.25) is 0 Å². The van der Waals surface area contributed by atoms with Gasteiger partial charge in [-0.1, -0.05) is 92.7 Å². The SMILES string of the molecule is CC1O[C@@H](OCN(Cc2ccccc2)C(=O)OCc2ccccc2)[C@@H](OC(=O)c2ccccc2)C(C)[C@H]1C. The first-order chi connectivity index (χ1) is 18.4. The fourth-order valence-corrected chi connectivity index (χ4v) is 4.39. The van der Waals surface area contributed by atoms with Crippen LogP contribution in [-0.4, -0.2) is 42.2 Å². The van der Waals surface area contributed by atoms with E-state index >= 15 is 0 Å². The fourth-order valence-electron chi connectivity index (χ4n) is 4.39. The Labute approximate surface area is 224 Å². The van der Waals surface area contributed by atoms with Gasteiger partial charge in [-0.25, -0.2) is 9.59 Å². The summed E-state index contributed by atoms with van der Waals surface area (Å²) in [6.45, 7) is 6.41. The molecule has 0 saturated carbocycles. The highest BCUT2D eigenvalue weighted by molar-refractivity contribution is 5.89. The molecule has 3 aromatic rings. The van der Waals surface area contributed by atoms with E-state index in [0.29, 0.717) is 5.56 Å². The summed E-state index contributed by atoms with van der Waals surface area (Å²) in [5.41, 5.74) is 2.28. The third kappa shape index (κ3) is 7.21. The molecule has 7 heteroatoms. The highest BCUT2D eigenvalue weighted by Crippen LogP contribution is 2.33. The number of carbonyl (C=O) groups excluding carboxylic acids is 2. The van der Waals surface area contributed by atoms with Crippen LogP contribution in [-0.2, 0) is 32.1 Å².